The first-order valence-electron chi connectivity index (χ1n) is 7.07. The Kier molecular flexibility index (Phi) is 5.94. The van der Waals surface area contributed by atoms with Crippen molar-refractivity contribution in [2.24, 2.45) is 5.92 Å². The molecule has 0 bridgehead atoms. The maximum Gasteiger partial charge on any atom is 0.119 e. The van der Waals surface area contributed by atoms with Gasteiger partial charge in [0.2, 0.25) is 0 Å². The molecule has 0 aliphatic rings. The van der Waals surface area contributed by atoms with Crippen LogP contribution in [-0.4, -0.2) is 10.2 Å². The van der Waals surface area contributed by atoms with Gasteiger partial charge in [0.15, 0.2) is 0 Å². The van der Waals surface area contributed by atoms with E-state index in [2.05, 4.69) is 26.8 Å². The van der Waals surface area contributed by atoms with Crippen molar-refractivity contribution in [1.29, 1.82) is 0 Å². The van der Waals surface area contributed by atoms with Crippen molar-refractivity contribution in [2.75, 3.05) is 0 Å². The van der Waals surface area contributed by atoms with Gasteiger partial charge in [-0.2, -0.15) is 0 Å². The Hall–Kier alpha value is -1.44. The summed E-state index contributed by atoms with van der Waals surface area (Å²) in [6.45, 7) is 8.40. The average Bonchev–Trinajstić information content (AvgIpc) is 2.31. The predicted octanol–water partition coefficient (Wildman–Crippen LogP) is 4.72. The highest BCUT2D eigenvalue weighted by Crippen LogP contribution is 2.27. The van der Waals surface area contributed by atoms with E-state index >= 15 is 0 Å². The fraction of sp³-hybridized carbons (Fsp3) is 0.529. The van der Waals surface area contributed by atoms with Crippen LogP contribution in [0.3, 0.4) is 0 Å². The van der Waals surface area contributed by atoms with E-state index in [9.17, 15) is 10.2 Å². The van der Waals surface area contributed by atoms with Gasteiger partial charge in [-0.05, 0) is 56.7 Å². The third-order valence-electron chi connectivity index (χ3n) is 3.42. The number of rotatable bonds is 6. The molecule has 1 rings (SSSR count). The Morgan fingerprint density at radius 3 is 2.53 bits per heavy atom. The molecule has 106 valence electrons. The van der Waals surface area contributed by atoms with Crippen LogP contribution in [0.1, 0.15) is 51.2 Å². The number of benzene rings is 1. The highest BCUT2D eigenvalue weighted by atomic mass is 16.3. The van der Waals surface area contributed by atoms with E-state index < -0.39 is 0 Å². The van der Waals surface area contributed by atoms with Crippen molar-refractivity contribution in [2.45, 2.75) is 53.4 Å². The van der Waals surface area contributed by atoms with Crippen LogP contribution < -0.4 is 0 Å². The van der Waals surface area contributed by atoms with Gasteiger partial charge in [-0.1, -0.05) is 31.9 Å². The van der Waals surface area contributed by atoms with Crippen molar-refractivity contribution in [1.82, 2.24) is 0 Å². The Bertz CT molecular complexity index is 445. The van der Waals surface area contributed by atoms with Gasteiger partial charge in [0, 0.05) is 5.56 Å². The molecular formula is C17H26O2. The van der Waals surface area contributed by atoms with E-state index in [1.807, 2.05) is 0 Å². The SMILES string of the molecule is CC(=CCc1cc(O)c(C)cc1O)CCCC(C)C. The zero-order valence-corrected chi connectivity index (χ0v) is 12.5. The van der Waals surface area contributed by atoms with Gasteiger partial charge >= 0.3 is 0 Å². The molecule has 19 heavy (non-hydrogen) atoms. The first-order valence-corrected chi connectivity index (χ1v) is 7.07. The zero-order valence-electron chi connectivity index (χ0n) is 12.5. The summed E-state index contributed by atoms with van der Waals surface area (Å²) in [5.74, 6) is 1.27. The van der Waals surface area contributed by atoms with Gasteiger partial charge in [-0.3, -0.25) is 0 Å². The standard InChI is InChI=1S/C17H26O2/c1-12(2)6-5-7-13(3)8-9-15-11-16(18)14(4)10-17(15)19/h8,10-12,18-19H,5-7,9H2,1-4H3. The second-order valence-electron chi connectivity index (χ2n) is 5.81. The van der Waals surface area contributed by atoms with Crippen LogP contribution in [0.15, 0.2) is 23.8 Å². The van der Waals surface area contributed by atoms with Crippen molar-refractivity contribution < 1.29 is 10.2 Å². The summed E-state index contributed by atoms with van der Waals surface area (Å²) in [4.78, 5) is 0. The molecule has 0 saturated heterocycles. The van der Waals surface area contributed by atoms with Crippen molar-refractivity contribution in [3.05, 3.63) is 34.9 Å². The molecule has 0 fully saturated rings. The number of hydrogen-bond acceptors (Lipinski definition) is 2. The van der Waals surface area contributed by atoms with Gasteiger partial charge < -0.3 is 10.2 Å². The maximum atomic E-state index is 9.84. The number of hydrogen-bond donors (Lipinski definition) is 2. The first kappa shape index (κ1) is 15.6. The van der Waals surface area contributed by atoms with Crippen LogP contribution >= 0.6 is 0 Å². The normalized spacial score (nSPS) is 12.2. The topological polar surface area (TPSA) is 40.5 Å². The molecule has 0 spiro atoms. The first-order chi connectivity index (χ1) is 8.90. The molecule has 1 aromatic carbocycles. The molecule has 0 amide bonds. The Balaban J connectivity index is 2.57. The average molecular weight is 262 g/mol. The Morgan fingerprint density at radius 2 is 1.89 bits per heavy atom. The van der Waals surface area contributed by atoms with Gasteiger partial charge in [-0.15, -0.1) is 0 Å². The number of aromatic hydroxyl groups is 2. The Labute approximate surface area is 116 Å². The number of aryl methyl sites for hydroxylation is 1. The van der Waals surface area contributed by atoms with E-state index in [-0.39, 0.29) is 11.5 Å². The van der Waals surface area contributed by atoms with Crippen molar-refractivity contribution in [3.8, 4) is 11.5 Å². The zero-order chi connectivity index (χ0) is 14.4. The molecule has 0 heterocycles. The van der Waals surface area contributed by atoms with Crippen LogP contribution in [0.5, 0.6) is 11.5 Å². The maximum absolute atomic E-state index is 9.84. The summed E-state index contributed by atoms with van der Waals surface area (Å²) < 4.78 is 0. The molecule has 0 aliphatic heterocycles. The van der Waals surface area contributed by atoms with Crippen LogP contribution in [-0.2, 0) is 6.42 Å². The lowest BCUT2D eigenvalue weighted by atomic mass is 10.0. The summed E-state index contributed by atoms with van der Waals surface area (Å²) >= 11 is 0. The monoisotopic (exact) mass is 262 g/mol. The van der Waals surface area contributed by atoms with Crippen LogP contribution in [0.25, 0.3) is 0 Å². The summed E-state index contributed by atoms with van der Waals surface area (Å²) in [5.41, 5.74) is 2.84. The number of phenols is 2. The molecule has 0 aliphatic carbocycles. The highest BCUT2D eigenvalue weighted by molar-refractivity contribution is 5.45. The smallest absolute Gasteiger partial charge is 0.119 e. The summed E-state index contributed by atoms with van der Waals surface area (Å²) in [5, 5.41) is 19.5. The molecule has 0 aromatic heterocycles. The van der Waals surface area contributed by atoms with Crippen LogP contribution in [0.2, 0.25) is 0 Å². The fourth-order valence-electron chi connectivity index (χ4n) is 2.06. The second-order valence-corrected chi connectivity index (χ2v) is 5.81. The summed E-state index contributed by atoms with van der Waals surface area (Å²) in [7, 11) is 0. The summed E-state index contributed by atoms with van der Waals surface area (Å²) in [6.07, 6.45) is 6.39. The minimum absolute atomic E-state index is 0.249. The van der Waals surface area contributed by atoms with Gasteiger partial charge in [-0.25, -0.2) is 0 Å². The summed E-state index contributed by atoms with van der Waals surface area (Å²) in [6, 6.07) is 3.27. The second kappa shape index (κ2) is 7.22. The van der Waals surface area contributed by atoms with Crippen LogP contribution in [0, 0.1) is 12.8 Å². The molecule has 0 atom stereocenters. The molecular weight excluding hydrogens is 236 g/mol. The molecule has 2 N–H and O–H groups in total. The van der Waals surface area contributed by atoms with Gasteiger partial charge in [0.1, 0.15) is 11.5 Å². The molecule has 0 saturated carbocycles. The third-order valence-corrected chi connectivity index (χ3v) is 3.42. The molecule has 1 aromatic rings. The van der Waals surface area contributed by atoms with Crippen molar-refractivity contribution in [3.63, 3.8) is 0 Å². The minimum Gasteiger partial charge on any atom is -0.508 e. The van der Waals surface area contributed by atoms with E-state index in [1.54, 1.807) is 19.1 Å². The van der Waals surface area contributed by atoms with E-state index in [0.29, 0.717) is 12.0 Å². The minimum atomic E-state index is 0.249. The third kappa shape index (κ3) is 5.37. The van der Waals surface area contributed by atoms with Gasteiger partial charge in [0.05, 0.1) is 0 Å². The van der Waals surface area contributed by atoms with Crippen molar-refractivity contribution >= 4 is 0 Å². The van der Waals surface area contributed by atoms with E-state index in [4.69, 9.17) is 0 Å². The predicted molar refractivity (Wildman–Crippen MR) is 80.7 cm³/mol. The van der Waals surface area contributed by atoms with E-state index in [1.165, 1.54) is 18.4 Å². The number of phenolic OH excluding ortho intramolecular Hbond substituents is 2. The van der Waals surface area contributed by atoms with Gasteiger partial charge in [0.25, 0.3) is 0 Å². The molecule has 2 heteroatoms. The fourth-order valence-corrected chi connectivity index (χ4v) is 2.06. The highest BCUT2D eigenvalue weighted by Gasteiger charge is 2.05. The lowest BCUT2D eigenvalue weighted by Crippen LogP contribution is -1.89. The molecule has 0 radical (unpaired) electrons. The molecule has 0 unspecified atom stereocenters. The largest absolute Gasteiger partial charge is 0.508 e. The van der Waals surface area contributed by atoms with Crippen LogP contribution in [0.4, 0.5) is 0 Å². The lowest BCUT2D eigenvalue weighted by molar-refractivity contribution is 0.452. The lowest BCUT2D eigenvalue weighted by Gasteiger charge is -2.07. The molecule has 2 nitrogen and oxygen atoms in total. The van der Waals surface area contributed by atoms with E-state index in [0.717, 1.165) is 17.9 Å². The Morgan fingerprint density at radius 1 is 1.21 bits per heavy atom. The quantitative estimate of drug-likeness (QED) is 0.575. The number of allylic oxidation sites excluding steroid dienone is 2.